The molecule has 0 spiro atoms. The van der Waals surface area contributed by atoms with Crippen molar-refractivity contribution >= 4 is 22.6 Å². The van der Waals surface area contributed by atoms with Crippen molar-refractivity contribution in [3.8, 4) is 0 Å². The highest BCUT2D eigenvalue weighted by Crippen LogP contribution is 2.15. The summed E-state index contributed by atoms with van der Waals surface area (Å²) in [5.74, 6) is -0.215. The van der Waals surface area contributed by atoms with Crippen molar-refractivity contribution in [2.45, 2.75) is 25.7 Å². The molecule has 2 N–H and O–H groups in total. The SMILES string of the molecule is O=C(Nc1ccc(CCN2CCCCC2)cc1)c1ccc2ncc(=O)[nH]c2c1. The first-order valence-corrected chi connectivity index (χ1v) is 9.79. The van der Waals surface area contributed by atoms with Gasteiger partial charge >= 0.3 is 0 Å². The molecule has 28 heavy (non-hydrogen) atoms. The fourth-order valence-corrected chi connectivity index (χ4v) is 3.61. The van der Waals surface area contributed by atoms with Crippen molar-refractivity contribution in [3.63, 3.8) is 0 Å². The quantitative estimate of drug-likeness (QED) is 0.717. The van der Waals surface area contributed by atoms with Crippen LogP contribution in [0.1, 0.15) is 35.2 Å². The van der Waals surface area contributed by atoms with Gasteiger partial charge in [-0.3, -0.25) is 9.59 Å². The molecule has 4 rings (SSSR count). The minimum atomic E-state index is -0.287. The van der Waals surface area contributed by atoms with E-state index in [2.05, 4.69) is 32.3 Å². The van der Waals surface area contributed by atoms with Crippen LogP contribution < -0.4 is 10.9 Å². The predicted octanol–water partition coefficient (Wildman–Crippen LogP) is 3.20. The number of piperidine rings is 1. The summed E-state index contributed by atoms with van der Waals surface area (Å²) < 4.78 is 0. The van der Waals surface area contributed by atoms with Crippen molar-refractivity contribution in [2.24, 2.45) is 0 Å². The van der Waals surface area contributed by atoms with Gasteiger partial charge < -0.3 is 15.2 Å². The van der Waals surface area contributed by atoms with E-state index in [4.69, 9.17) is 0 Å². The van der Waals surface area contributed by atoms with Crippen molar-refractivity contribution in [1.29, 1.82) is 0 Å². The van der Waals surface area contributed by atoms with E-state index >= 15 is 0 Å². The summed E-state index contributed by atoms with van der Waals surface area (Å²) in [5.41, 5.74) is 3.42. The monoisotopic (exact) mass is 376 g/mol. The summed E-state index contributed by atoms with van der Waals surface area (Å²) in [4.78, 5) is 33.2. The Labute approximate surface area is 163 Å². The van der Waals surface area contributed by atoms with Gasteiger partial charge in [-0.1, -0.05) is 18.6 Å². The second-order valence-corrected chi connectivity index (χ2v) is 7.28. The molecule has 0 saturated carbocycles. The summed E-state index contributed by atoms with van der Waals surface area (Å²) in [6.45, 7) is 3.51. The number of H-pyrrole nitrogens is 1. The van der Waals surface area contributed by atoms with Crippen molar-refractivity contribution < 1.29 is 4.79 Å². The minimum Gasteiger partial charge on any atom is -0.322 e. The van der Waals surface area contributed by atoms with Gasteiger partial charge in [0.25, 0.3) is 11.5 Å². The van der Waals surface area contributed by atoms with E-state index in [1.54, 1.807) is 18.2 Å². The summed E-state index contributed by atoms with van der Waals surface area (Å²) in [6, 6.07) is 13.1. The molecule has 2 aromatic carbocycles. The largest absolute Gasteiger partial charge is 0.322 e. The molecule has 1 amide bonds. The average Bonchev–Trinajstić information content (AvgIpc) is 2.73. The van der Waals surface area contributed by atoms with Crippen LogP contribution in [0.5, 0.6) is 0 Å². The number of hydrogen-bond donors (Lipinski definition) is 2. The fourth-order valence-electron chi connectivity index (χ4n) is 3.61. The molecule has 2 heterocycles. The van der Waals surface area contributed by atoms with E-state index in [1.165, 1.54) is 44.1 Å². The van der Waals surface area contributed by atoms with Crippen LogP contribution in [-0.4, -0.2) is 40.4 Å². The van der Waals surface area contributed by atoms with Crippen LogP contribution in [0.4, 0.5) is 5.69 Å². The van der Waals surface area contributed by atoms with Crippen molar-refractivity contribution in [1.82, 2.24) is 14.9 Å². The maximum atomic E-state index is 12.5. The number of aromatic amines is 1. The van der Waals surface area contributed by atoms with E-state index in [1.807, 2.05) is 12.1 Å². The Hall–Kier alpha value is -2.99. The maximum absolute atomic E-state index is 12.5. The van der Waals surface area contributed by atoms with Gasteiger partial charge in [-0.15, -0.1) is 0 Å². The summed E-state index contributed by atoms with van der Waals surface area (Å²) in [7, 11) is 0. The van der Waals surface area contributed by atoms with Crippen LogP contribution >= 0.6 is 0 Å². The van der Waals surface area contributed by atoms with Crippen LogP contribution in [0.2, 0.25) is 0 Å². The number of likely N-dealkylation sites (tertiary alicyclic amines) is 1. The first-order chi connectivity index (χ1) is 13.7. The third kappa shape index (κ3) is 4.46. The van der Waals surface area contributed by atoms with E-state index in [9.17, 15) is 9.59 Å². The highest BCUT2D eigenvalue weighted by atomic mass is 16.1. The van der Waals surface area contributed by atoms with Gasteiger partial charge in [-0.25, -0.2) is 4.98 Å². The Morgan fingerprint density at radius 2 is 1.86 bits per heavy atom. The lowest BCUT2D eigenvalue weighted by molar-refractivity contribution is 0.102. The standard InChI is InChI=1S/C22H24N4O2/c27-21-15-23-19-9-6-17(14-20(19)25-21)22(28)24-18-7-4-16(5-8-18)10-13-26-11-2-1-3-12-26/h4-9,14-15H,1-3,10-13H2,(H,24,28)(H,25,27). The molecule has 1 aliphatic heterocycles. The van der Waals surface area contributed by atoms with E-state index in [0.717, 1.165) is 18.7 Å². The maximum Gasteiger partial charge on any atom is 0.266 e. The summed E-state index contributed by atoms with van der Waals surface area (Å²) in [6.07, 6.45) is 6.23. The van der Waals surface area contributed by atoms with Gasteiger partial charge in [-0.05, 0) is 68.2 Å². The van der Waals surface area contributed by atoms with Gasteiger partial charge in [0.15, 0.2) is 0 Å². The number of carbonyl (C=O) groups excluding carboxylic acids is 1. The number of fused-ring (bicyclic) bond motifs is 1. The zero-order valence-corrected chi connectivity index (χ0v) is 15.8. The number of hydrogen-bond acceptors (Lipinski definition) is 4. The predicted molar refractivity (Wildman–Crippen MR) is 111 cm³/mol. The Bertz CT molecular complexity index is 1020. The number of aromatic nitrogens is 2. The van der Waals surface area contributed by atoms with Crippen molar-refractivity contribution in [2.75, 3.05) is 25.0 Å². The lowest BCUT2D eigenvalue weighted by Crippen LogP contribution is -2.31. The van der Waals surface area contributed by atoms with Crippen LogP contribution in [0.15, 0.2) is 53.5 Å². The number of benzene rings is 2. The number of anilines is 1. The molecule has 1 saturated heterocycles. The highest BCUT2D eigenvalue weighted by Gasteiger charge is 2.10. The average molecular weight is 376 g/mol. The van der Waals surface area contributed by atoms with E-state index < -0.39 is 0 Å². The minimum absolute atomic E-state index is 0.215. The lowest BCUT2D eigenvalue weighted by atomic mass is 10.1. The molecule has 0 radical (unpaired) electrons. The Kier molecular flexibility index (Phi) is 5.48. The second-order valence-electron chi connectivity index (χ2n) is 7.28. The Morgan fingerprint density at radius 1 is 1.07 bits per heavy atom. The molecular formula is C22H24N4O2. The topological polar surface area (TPSA) is 78.1 Å². The zero-order valence-electron chi connectivity index (χ0n) is 15.8. The summed E-state index contributed by atoms with van der Waals surface area (Å²) in [5, 5.41) is 2.91. The Balaban J connectivity index is 1.38. The first-order valence-electron chi connectivity index (χ1n) is 9.79. The van der Waals surface area contributed by atoms with E-state index in [-0.39, 0.29) is 11.5 Å². The molecule has 1 fully saturated rings. The third-order valence-corrected chi connectivity index (χ3v) is 5.21. The molecule has 6 heteroatoms. The normalized spacial score (nSPS) is 14.9. The van der Waals surface area contributed by atoms with Gasteiger partial charge in [0.2, 0.25) is 0 Å². The number of carbonyl (C=O) groups is 1. The van der Waals surface area contributed by atoms with Gasteiger partial charge in [0.05, 0.1) is 17.2 Å². The molecule has 0 atom stereocenters. The summed E-state index contributed by atoms with van der Waals surface area (Å²) >= 11 is 0. The molecule has 3 aromatic rings. The molecule has 0 unspecified atom stereocenters. The van der Waals surface area contributed by atoms with Crippen LogP contribution in [0.3, 0.4) is 0 Å². The van der Waals surface area contributed by atoms with Gasteiger partial charge in [0.1, 0.15) is 0 Å². The lowest BCUT2D eigenvalue weighted by Gasteiger charge is -2.26. The van der Waals surface area contributed by atoms with Crippen molar-refractivity contribution in [3.05, 3.63) is 70.1 Å². The zero-order chi connectivity index (χ0) is 19.3. The van der Waals surface area contributed by atoms with E-state index in [0.29, 0.717) is 16.6 Å². The Morgan fingerprint density at radius 3 is 2.64 bits per heavy atom. The number of amides is 1. The number of nitrogens with zero attached hydrogens (tertiary/aromatic N) is 2. The van der Waals surface area contributed by atoms with Gasteiger partial charge in [0, 0.05) is 17.8 Å². The molecule has 1 aliphatic rings. The third-order valence-electron chi connectivity index (χ3n) is 5.21. The van der Waals surface area contributed by atoms with Gasteiger partial charge in [-0.2, -0.15) is 0 Å². The molecule has 6 nitrogen and oxygen atoms in total. The number of nitrogens with one attached hydrogen (secondary N) is 2. The number of rotatable bonds is 5. The van der Waals surface area contributed by atoms with Crippen LogP contribution in [-0.2, 0) is 6.42 Å². The first kappa shape index (κ1) is 18.4. The second kappa shape index (κ2) is 8.35. The smallest absolute Gasteiger partial charge is 0.266 e. The van der Waals surface area contributed by atoms with Crippen LogP contribution in [0.25, 0.3) is 11.0 Å². The van der Waals surface area contributed by atoms with Crippen LogP contribution in [0, 0.1) is 0 Å². The molecule has 144 valence electrons. The highest BCUT2D eigenvalue weighted by molar-refractivity contribution is 6.05. The molecule has 0 aliphatic carbocycles. The molecule has 1 aromatic heterocycles. The molecular weight excluding hydrogens is 352 g/mol. The molecule has 0 bridgehead atoms. The fraction of sp³-hybridized carbons (Fsp3) is 0.318.